The summed E-state index contributed by atoms with van der Waals surface area (Å²) < 4.78 is 0. The molecule has 142 valence electrons. The first kappa shape index (κ1) is 20.0. The number of amides is 3. The second kappa shape index (κ2) is 9.38. The van der Waals surface area contributed by atoms with Crippen LogP contribution in [0.1, 0.15) is 25.8 Å². The van der Waals surface area contributed by atoms with Crippen LogP contribution in [0, 0.1) is 6.92 Å². The van der Waals surface area contributed by atoms with E-state index in [-0.39, 0.29) is 24.3 Å². The minimum atomic E-state index is -0.204. The number of benzene rings is 2. The Hall–Kier alpha value is -3.35. The second-order valence-corrected chi connectivity index (χ2v) is 6.04. The van der Waals surface area contributed by atoms with Crippen LogP contribution in [0.4, 0.5) is 22.7 Å². The van der Waals surface area contributed by atoms with Crippen LogP contribution in [0.5, 0.6) is 0 Å². The molecule has 0 fully saturated rings. The van der Waals surface area contributed by atoms with Crippen LogP contribution in [-0.2, 0) is 14.4 Å². The van der Waals surface area contributed by atoms with Gasteiger partial charge in [0, 0.05) is 36.1 Å². The molecule has 0 unspecified atom stereocenters. The van der Waals surface area contributed by atoms with Crippen LogP contribution in [-0.4, -0.2) is 24.3 Å². The summed E-state index contributed by atoms with van der Waals surface area (Å²) in [5.41, 5.74) is 3.67. The Morgan fingerprint density at radius 3 is 2.00 bits per heavy atom. The number of rotatable bonds is 7. The van der Waals surface area contributed by atoms with Gasteiger partial charge in [-0.25, -0.2) is 0 Å². The number of carbonyl (C=O) groups is 3. The van der Waals surface area contributed by atoms with Crippen LogP contribution < -0.4 is 21.3 Å². The third-order valence-corrected chi connectivity index (χ3v) is 3.86. The van der Waals surface area contributed by atoms with E-state index in [1.54, 1.807) is 31.2 Å². The van der Waals surface area contributed by atoms with E-state index < -0.39 is 0 Å². The Kier molecular flexibility index (Phi) is 6.93. The predicted octanol–water partition coefficient (Wildman–Crippen LogP) is 3.35. The molecule has 7 nitrogen and oxygen atoms in total. The van der Waals surface area contributed by atoms with E-state index in [1.807, 2.05) is 25.1 Å². The zero-order valence-electron chi connectivity index (χ0n) is 15.7. The molecule has 0 aliphatic heterocycles. The van der Waals surface area contributed by atoms with Crippen molar-refractivity contribution in [2.24, 2.45) is 0 Å². The minimum absolute atomic E-state index is 0.0595. The molecule has 2 aromatic carbocycles. The summed E-state index contributed by atoms with van der Waals surface area (Å²) >= 11 is 0. The molecule has 0 bridgehead atoms. The minimum Gasteiger partial charge on any atom is -0.376 e. The lowest BCUT2D eigenvalue weighted by atomic mass is 10.1. The first-order valence-electron chi connectivity index (χ1n) is 8.70. The molecule has 27 heavy (non-hydrogen) atoms. The lowest BCUT2D eigenvalue weighted by Gasteiger charge is -2.14. The van der Waals surface area contributed by atoms with Crippen molar-refractivity contribution in [2.75, 3.05) is 27.8 Å². The Morgan fingerprint density at radius 1 is 0.815 bits per heavy atom. The Labute approximate surface area is 158 Å². The van der Waals surface area contributed by atoms with Gasteiger partial charge in [0.25, 0.3) is 0 Å². The van der Waals surface area contributed by atoms with Crippen molar-refractivity contribution in [3.05, 3.63) is 48.0 Å². The van der Waals surface area contributed by atoms with Crippen molar-refractivity contribution >= 4 is 40.5 Å². The van der Waals surface area contributed by atoms with Crippen LogP contribution >= 0.6 is 0 Å². The highest BCUT2D eigenvalue weighted by Crippen LogP contribution is 2.23. The van der Waals surface area contributed by atoms with E-state index in [4.69, 9.17) is 0 Å². The average Bonchev–Trinajstić information content (AvgIpc) is 2.63. The summed E-state index contributed by atoms with van der Waals surface area (Å²) in [6, 6.07) is 12.4. The molecular weight excluding hydrogens is 344 g/mol. The molecule has 0 aliphatic rings. The normalized spacial score (nSPS) is 10.0. The molecule has 4 N–H and O–H groups in total. The summed E-state index contributed by atoms with van der Waals surface area (Å²) in [6.45, 7) is 5.19. The fourth-order valence-electron chi connectivity index (χ4n) is 2.42. The van der Waals surface area contributed by atoms with Crippen molar-refractivity contribution in [1.82, 2.24) is 0 Å². The van der Waals surface area contributed by atoms with Gasteiger partial charge in [-0.1, -0.05) is 13.0 Å². The quantitative estimate of drug-likeness (QED) is 0.602. The van der Waals surface area contributed by atoms with E-state index in [0.29, 0.717) is 17.8 Å². The third kappa shape index (κ3) is 6.14. The fourth-order valence-corrected chi connectivity index (χ4v) is 2.42. The van der Waals surface area contributed by atoms with Crippen molar-refractivity contribution < 1.29 is 14.4 Å². The number of carbonyl (C=O) groups excluding carboxylic acids is 3. The fraction of sp³-hybridized carbons (Fsp3) is 0.250. The van der Waals surface area contributed by atoms with E-state index in [0.717, 1.165) is 16.9 Å². The maximum Gasteiger partial charge on any atom is 0.243 e. The Morgan fingerprint density at radius 2 is 1.41 bits per heavy atom. The molecule has 0 saturated carbocycles. The average molecular weight is 368 g/mol. The van der Waals surface area contributed by atoms with Crippen molar-refractivity contribution in [3.8, 4) is 0 Å². The van der Waals surface area contributed by atoms with Gasteiger partial charge >= 0.3 is 0 Å². The predicted molar refractivity (Wildman–Crippen MR) is 108 cm³/mol. The standard InChI is InChI=1S/C20H24N4O3/c1-4-19(26)24-18-7-5-6-17(13(18)2)21-12-20(27)23-16-10-8-15(9-11-16)22-14(3)25/h5-11,21H,4,12H2,1-3H3,(H,22,25)(H,23,27)(H,24,26). The first-order valence-corrected chi connectivity index (χ1v) is 8.70. The zero-order valence-corrected chi connectivity index (χ0v) is 15.7. The van der Waals surface area contributed by atoms with Gasteiger partial charge in [0.1, 0.15) is 0 Å². The lowest BCUT2D eigenvalue weighted by molar-refractivity contribution is -0.116. The highest BCUT2D eigenvalue weighted by Gasteiger charge is 2.08. The molecule has 0 aromatic heterocycles. The van der Waals surface area contributed by atoms with Gasteiger partial charge in [0.15, 0.2) is 0 Å². The van der Waals surface area contributed by atoms with Gasteiger partial charge in [-0.2, -0.15) is 0 Å². The van der Waals surface area contributed by atoms with Gasteiger partial charge in [-0.3, -0.25) is 14.4 Å². The molecule has 0 saturated heterocycles. The number of anilines is 4. The smallest absolute Gasteiger partial charge is 0.243 e. The van der Waals surface area contributed by atoms with Crippen LogP contribution in [0.15, 0.2) is 42.5 Å². The summed E-state index contributed by atoms with van der Waals surface area (Å²) in [5.74, 6) is -0.413. The van der Waals surface area contributed by atoms with Gasteiger partial charge in [-0.05, 0) is 48.9 Å². The maximum atomic E-state index is 12.2. The zero-order chi connectivity index (χ0) is 19.8. The number of hydrogen-bond donors (Lipinski definition) is 4. The molecule has 2 rings (SSSR count). The van der Waals surface area contributed by atoms with Crippen molar-refractivity contribution in [1.29, 1.82) is 0 Å². The summed E-state index contributed by atoms with van der Waals surface area (Å²) in [6.07, 6.45) is 0.403. The topological polar surface area (TPSA) is 99.3 Å². The van der Waals surface area contributed by atoms with Crippen LogP contribution in [0.2, 0.25) is 0 Å². The molecular formula is C20H24N4O3. The molecule has 7 heteroatoms. The van der Waals surface area contributed by atoms with Crippen molar-refractivity contribution in [2.45, 2.75) is 27.2 Å². The second-order valence-electron chi connectivity index (χ2n) is 6.04. The molecule has 2 aromatic rings. The van der Waals surface area contributed by atoms with Crippen molar-refractivity contribution in [3.63, 3.8) is 0 Å². The molecule has 3 amide bonds. The molecule has 0 aliphatic carbocycles. The van der Waals surface area contributed by atoms with Gasteiger partial charge in [-0.15, -0.1) is 0 Å². The van der Waals surface area contributed by atoms with E-state index in [2.05, 4.69) is 21.3 Å². The lowest BCUT2D eigenvalue weighted by Crippen LogP contribution is -2.22. The highest BCUT2D eigenvalue weighted by atomic mass is 16.2. The molecule has 0 spiro atoms. The summed E-state index contributed by atoms with van der Waals surface area (Å²) in [4.78, 5) is 34.7. The van der Waals surface area contributed by atoms with Gasteiger partial charge < -0.3 is 21.3 Å². The SMILES string of the molecule is CCC(=O)Nc1cccc(NCC(=O)Nc2ccc(NC(C)=O)cc2)c1C. The number of nitrogens with one attached hydrogen (secondary N) is 4. The van der Waals surface area contributed by atoms with E-state index in [9.17, 15) is 14.4 Å². The molecule has 0 atom stereocenters. The highest BCUT2D eigenvalue weighted by molar-refractivity contribution is 5.95. The monoisotopic (exact) mass is 368 g/mol. The maximum absolute atomic E-state index is 12.2. The van der Waals surface area contributed by atoms with Crippen LogP contribution in [0.25, 0.3) is 0 Å². The van der Waals surface area contributed by atoms with E-state index in [1.165, 1.54) is 6.92 Å². The van der Waals surface area contributed by atoms with Gasteiger partial charge in [0.2, 0.25) is 17.7 Å². The Balaban J connectivity index is 1.92. The summed E-state index contributed by atoms with van der Waals surface area (Å²) in [7, 11) is 0. The first-order chi connectivity index (χ1) is 12.9. The molecule has 0 radical (unpaired) electrons. The largest absolute Gasteiger partial charge is 0.376 e. The molecule has 0 heterocycles. The number of hydrogen-bond acceptors (Lipinski definition) is 4. The van der Waals surface area contributed by atoms with Gasteiger partial charge in [0.05, 0.1) is 6.54 Å². The summed E-state index contributed by atoms with van der Waals surface area (Å²) in [5, 5.41) is 11.4. The van der Waals surface area contributed by atoms with E-state index >= 15 is 0 Å². The Bertz CT molecular complexity index is 832. The van der Waals surface area contributed by atoms with Crippen LogP contribution in [0.3, 0.4) is 0 Å². The third-order valence-electron chi connectivity index (χ3n) is 3.86.